The third-order valence-corrected chi connectivity index (χ3v) is 3.51. The Morgan fingerprint density at radius 3 is 2.74 bits per heavy atom. The van der Waals surface area contributed by atoms with Gasteiger partial charge in [0.2, 0.25) is 0 Å². The second-order valence-electron chi connectivity index (χ2n) is 4.31. The molecular weight excluding hydrogens is 306 g/mol. The molecule has 0 aliphatic rings. The van der Waals surface area contributed by atoms with Crippen LogP contribution in [0.25, 0.3) is 0 Å². The molecule has 1 unspecified atom stereocenters. The SMILES string of the molecule is COc1ccccc1CC(O)c1cc(Br)ccc1N. The lowest BCUT2D eigenvalue weighted by molar-refractivity contribution is 0.178. The van der Waals surface area contributed by atoms with Crippen molar-refractivity contribution >= 4 is 21.6 Å². The highest BCUT2D eigenvalue weighted by molar-refractivity contribution is 9.10. The van der Waals surface area contributed by atoms with Crippen LogP contribution in [0.3, 0.4) is 0 Å². The zero-order valence-corrected chi connectivity index (χ0v) is 12.2. The van der Waals surface area contributed by atoms with Crippen LogP contribution >= 0.6 is 15.9 Å². The van der Waals surface area contributed by atoms with E-state index in [1.54, 1.807) is 13.2 Å². The van der Waals surface area contributed by atoms with Crippen LogP contribution in [0.15, 0.2) is 46.9 Å². The number of methoxy groups -OCH3 is 1. The Hall–Kier alpha value is -1.52. The summed E-state index contributed by atoms with van der Waals surface area (Å²) in [6, 6.07) is 13.1. The van der Waals surface area contributed by atoms with Gasteiger partial charge in [-0.3, -0.25) is 0 Å². The summed E-state index contributed by atoms with van der Waals surface area (Å²) in [5.41, 5.74) is 8.17. The topological polar surface area (TPSA) is 55.5 Å². The van der Waals surface area contributed by atoms with Gasteiger partial charge in [0.15, 0.2) is 0 Å². The summed E-state index contributed by atoms with van der Waals surface area (Å²) in [6.07, 6.45) is -0.196. The molecule has 0 radical (unpaired) electrons. The summed E-state index contributed by atoms with van der Waals surface area (Å²) in [5, 5.41) is 10.3. The molecule has 100 valence electrons. The molecule has 0 aromatic heterocycles. The Bertz CT molecular complexity index is 572. The van der Waals surface area contributed by atoms with Gasteiger partial charge >= 0.3 is 0 Å². The highest BCUT2D eigenvalue weighted by atomic mass is 79.9. The molecule has 0 bridgehead atoms. The van der Waals surface area contributed by atoms with Gasteiger partial charge in [0, 0.05) is 22.1 Å². The lowest BCUT2D eigenvalue weighted by atomic mass is 9.99. The van der Waals surface area contributed by atoms with Crippen molar-refractivity contribution in [2.24, 2.45) is 0 Å². The van der Waals surface area contributed by atoms with E-state index < -0.39 is 6.10 Å². The molecule has 0 saturated carbocycles. The highest BCUT2D eigenvalue weighted by Crippen LogP contribution is 2.29. The Labute approximate surface area is 121 Å². The minimum absolute atomic E-state index is 0.463. The molecule has 19 heavy (non-hydrogen) atoms. The largest absolute Gasteiger partial charge is 0.496 e. The number of ether oxygens (including phenoxy) is 1. The standard InChI is InChI=1S/C15H16BrNO2/c1-19-15-5-3-2-4-10(15)8-14(18)12-9-11(16)6-7-13(12)17/h2-7,9,14,18H,8,17H2,1H3. The van der Waals surface area contributed by atoms with Crippen molar-refractivity contribution in [3.63, 3.8) is 0 Å². The maximum Gasteiger partial charge on any atom is 0.122 e. The summed E-state index contributed by atoms with van der Waals surface area (Å²) in [7, 11) is 1.62. The van der Waals surface area contributed by atoms with Crippen LogP contribution in [0.5, 0.6) is 5.75 Å². The van der Waals surface area contributed by atoms with Crippen molar-refractivity contribution in [3.8, 4) is 5.75 Å². The summed E-state index contributed by atoms with van der Waals surface area (Å²) in [6.45, 7) is 0. The van der Waals surface area contributed by atoms with E-state index in [4.69, 9.17) is 10.5 Å². The van der Waals surface area contributed by atoms with E-state index in [9.17, 15) is 5.11 Å². The fourth-order valence-electron chi connectivity index (χ4n) is 2.02. The van der Waals surface area contributed by atoms with Crippen molar-refractivity contribution in [2.45, 2.75) is 12.5 Å². The molecule has 0 amide bonds. The summed E-state index contributed by atoms with van der Waals surface area (Å²) < 4.78 is 6.18. The number of benzene rings is 2. The van der Waals surface area contributed by atoms with Gasteiger partial charge in [-0.15, -0.1) is 0 Å². The van der Waals surface area contributed by atoms with Crippen LogP contribution in [-0.4, -0.2) is 12.2 Å². The van der Waals surface area contributed by atoms with E-state index in [2.05, 4.69) is 15.9 Å². The van der Waals surface area contributed by atoms with Crippen LogP contribution in [0.4, 0.5) is 5.69 Å². The molecule has 0 saturated heterocycles. The molecule has 0 aliphatic carbocycles. The molecular formula is C15H16BrNO2. The lowest BCUT2D eigenvalue weighted by Crippen LogP contribution is -2.06. The van der Waals surface area contributed by atoms with Gasteiger partial charge in [0.05, 0.1) is 13.2 Å². The first kappa shape index (κ1) is 13.9. The molecule has 2 aromatic carbocycles. The van der Waals surface area contributed by atoms with Gasteiger partial charge in [-0.2, -0.15) is 0 Å². The average molecular weight is 322 g/mol. The van der Waals surface area contributed by atoms with Gasteiger partial charge in [0.25, 0.3) is 0 Å². The van der Waals surface area contributed by atoms with Gasteiger partial charge in [0.1, 0.15) is 5.75 Å². The van der Waals surface area contributed by atoms with Crippen LogP contribution < -0.4 is 10.5 Å². The minimum atomic E-state index is -0.659. The number of nitrogen functional groups attached to an aromatic ring is 1. The summed E-state index contributed by atoms with van der Waals surface area (Å²) in [5.74, 6) is 0.773. The minimum Gasteiger partial charge on any atom is -0.496 e. The van der Waals surface area contributed by atoms with Crippen LogP contribution in [0, 0.1) is 0 Å². The van der Waals surface area contributed by atoms with E-state index in [0.717, 1.165) is 21.3 Å². The molecule has 0 aliphatic heterocycles. The third kappa shape index (κ3) is 3.28. The molecule has 3 nitrogen and oxygen atoms in total. The average Bonchev–Trinajstić information content (AvgIpc) is 2.42. The number of nitrogens with two attached hydrogens (primary N) is 1. The summed E-state index contributed by atoms with van der Waals surface area (Å²) in [4.78, 5) is 0. The van der Waals surface area contributed by atoms with E-state index in [-0.39, 0.29) is 0 Å². The van der Waals surface area contributed by atoms with Crippen LogP contribution in [-0.2, 0) is 6.42 Å². The monoisotopic (exact) mass is 321 g/mol. The maximum atomic E-state index is 10.3. The van der Waals surface area contributed by atoms with Gasteiger partial charge in [-0.1, -0.05) is 34.1 Å². The number of aliphatic hydroxyl groups is 1. The van der Waals surface area contributed by atoms with Crippen molar-refractivity contribution in [1.29, 1.82) is 0 Å². The fraction of sp³-hybridized carbons (Fsp3) is 0.200. The molecule has 0 spiro atoms. The molecule has 0 heterocycles. The number of hydrogen-bond acceptors (Lipinski definition) is 3. The van der Waals surface area contributed by atoms with Crippen molar-refractivity contribution in [1.82, 2.24) is 0 Å². The van der Waals surface area contributed by atoms with Gasteiger partial charge in [-0.25, -0.2) is 0 Å². The van der Waals surface area contributed by atoms with Gasteiger partial charge in [-0.05, 0) is 29.8 Å². The second kappa shape index (κ2) is 6.08. The quantitative estimate of drug-likeness (QED) is 0.849. The first-order valence-corrected chi connectivity index (χ1v) is 6.76. The molecule has 3 N–H and O–H groups in total. The normalized spacial score (nSPS) is 12.2. The third-order valence-electron chi connectivity index (χ3n) is 3.01. The predicted molar refractivity (Wildman–Crippen MR) is 80.2 cm³/mol. The molecule has 2 aromatic rings. The van der Waals surface area contributed by atoms with E-state index in [1.165, 1.54) is 0 Å². The van der Waals surface area contributed by atoms with Crippen molar-refractivity contribution in [2.75, 3.05) is 12.8 Å². The van der Waals surface area contributed by atoms with E-state index in [1.807, 2.05) is 36.4 Å². The van der Waals surface area contributed by atoms with Crippen molar-refractivity contribution < 1.29 is 9.84 Å². The molecule has 0 fully saturated rings. The smallest absolute Gasteiger partial charge is 0.122 e. The number of halogens is 1. The number of rotatable bonds is 4. The van der Waals surface area contributed by atoms with Crippen molar-refractivity contribution in [3.05, 3.63) is 58.1 Å². The molecule has 2 rings (SSSR count). The Kier molecular flexibility index (Phi) is 4.45. The second-order valence-corrected chi connectivity index (χ2v) is 5.22. The Morgan fingerprint density at radius 2 is 2.00 bits per heavy atom. The van der Waals surface area contributed by atoms with Crippen LogP contribution in [0.1, 0.15) is 17.2 Å². The van der Waals surface area contributed by atoms with Crippen LogP contribution in [0.2, 0.25) is 0 Å². The van der Waals surface area contributed by atoms with E-state index >= 15 is 0 Å². The number of aliphatic hydroxyl groups excluding tert-OH is 1. The number of anilines is 1. The predicted octanol–water partition coefficient (Wildman–Crippen LogP) is 3.32. The Morgan fingerprint density at radius 1 is 1.26 bits per heavy atom. The maximum absolute atomic E-state index is 10.3. The van der Waals surface area contributed by atoms with Gasteiger partial charge < -0.3 is 15.6 Å². The molecule has 1 atom stereocenters. The summed E-state index contributed by atoms with van der Waals surface area (Å²) >= 11 is 3.39. The number of para-hydroxylation sites is 1. The first-order chi connectivity index (χ1) is 9.11. The molecule has 4 heteroatoms. The zero-order valence-electron chi connectivity index (χ0n) is 10.6. The Balaban J connectivity index is 2.25. The lowest BCUT2D eigenvalue weighted by Gasteiger charge is -2.15. The fourth-order valence-corrected chi connectivity index (χ4v) is 2.40. The first-order valence-electron chi connectivity index (χ1n) is 5.96. The van der Waals surface area contributed by atoms with E-state index in [0.29, 0.717) is 12.1 Å². The zero-order chi connectivity index (χ0) is 13.8. The highest BCUT2D eigenvalue weighted by Gasteiger charge is 2.14. The number of hydrogen-bond donors (Lipinski definition) is 2.